The van der Waals surface area contributed by atoms with E-state index >= 15 is 0 Å². The molecule has 20 heavy (non-hydrogen) atoms. The van der Waals surface area contributed by atoms with Crippen LogP contribution in [0.25, 0.3) is 11.5 Å². The van der Waals surface area contributed by atoms with E-state index in [0.717, 1.165) is 30.9 Å². The van der Waals surface area contributed by atoms with Crippen LogP contribution in [0.15, 0.2) is 18.6 Å². The third-order valence-corrected chi connectivity index (χ3v) is 3.59. The Hall–Kier alpha value is -2.04. The standard InChI is InChI=1S/C15H19N5/c1-2-17-14-11-6-4-3-5-7-12(11)19-15(20-14)13-8-9-16-10-18-13/h8-10H,2-7H2,1H3,(H,17,19,20). The summed E-state index contributed by atoms with van der Waals surface area (Å²) in [6.45, 7) is 2.96. The molecule has 0 aromatic carbocycles. The van der Waals surface area contributed by atoms with Crippen LogP contribution in [0.2, 0.25) is 0 Å². The van der Waals surface area contributed by atoms with Gasteiger partial charge in [0.15, 0.2) is 5.82 Å². The second kappa shape index (κ2) is 5.94. The van der Waals surface area contributed by atoms with Gasteiger partial charge in [0.25, 0.3) is 0 Å². The van der Waals surface area contributed by atoms with Gasteiger partial charge in [0.2, 0.25) is 0 Å². The van der Waals surface area contributed by atoms with Crippen molar-refractivity contribution in [1.82, 2.24) is 19.9 Å². The summed E-state index contributed by atoms with van der Waals surface area (Å²) in [5.74, 6) is 1.68. The SMILES string of the molecule is CCNc1nc(-c2ccncn2)nc2c1CCCCC2. The first-order valence-electron chi connectivity index (χ1n) is 7.28. The zero-order valence-corrected chi connectivity index (χ0v) is 11.8. The van der Waals surface area contributed by atoms with E-state index in [1.54, 1.807) is 6.20 Å². The van der Waals surface area contributed by atoms with Gasteiger partial charge in [-0.25, -0.2) is 19.9 Å². The Balaban J connectivity index is 2.08. The average Bonchev–Trinajstić information content (AvgIpc) is 2.74. The molecular formula is C15H19N5. The number of aromatic nitrogens is 4. The summed E-state index contributed by atoms with van der Waals surface area (Å²) in [6.07, 6.45) is 9.07. The minimum atomic E-state index is 0.698. The summed E-state index contributed by atoms with van der Waals surface area (Å²) in [4.78, 5) is 17.6. The van der Waals surface area contributed by atoms with Crippen molar-refractivity contribution in [3.8, 4) is 11.5 Å². The van der Waals surface area contributed by atoms with Crippen molar-refractivity contribution in [3.63, 3.8) is 0 Å². The number of hydrogen-bond donors (Lipinski definition) is 1. The molecule has 0 spiro atoms. The maximum Gasteiger partial charge on any atom is 0.180 e. The summed E-state index contributed by atoms with van der Waals surface area (Å²) in [6, 6.07) is 1.86. The Labute approximate surface area is 118 Å². The van der Waals surface area contributed by atoms with E-state index in [0.29, 0.717) is 5.82 Å². The van der Waals surface area contributed by atoms with E-state index in [1.165, 1.54) is 36.8 Å². The molecule has 0 fully saturated rings. The molecule has 0 atom stereocenters. The lowest BCUT2D eigenvalue weighted by Gasteiger charge is -2.13. The maximum absolute atomic E-state index is 4.75. The van der Waals surface area contributed by atoms with Gasteiger partial charge in [0.05, 0.1) is 0 Å². The minimum absolute atomic E-state index is 0.698. The zero-order valence-electron chi connectivity index (χ0n) is 11.8. The molecule has 1 N–H and O–H groups in total. The van der Waals surface area contributed by atoms with Crippen molar-refractivity contribution in [2.24, 2.45) is 0 Å². The van der Waals surface area contributed by atoms with Crippen LogP contribution in [0.4, 0.5) is 5.82 Å². The third kappa shape index (κ3) is 2.61. The van der Waals surface area contributed by atoms with Gasteiger partial charge in [-0.2, -0.15) is 0 Å². The van der Waals surface area contributed by atoms with E-state index in [-0.39, 0.29) is 0 Å². The monoisotopic (exact) mass is 269 g/mol. The summed E-state index contributed by atoms with van der Waals surface area (Å²) >= 11 is 0. The van der Waals surface area contributed by atoms with E-state index < -0.39 is 0 Å². The fourth-order valence-corrected chi connectivity index (χ4v) is 2.62. The first-order valence-corrected chi connectivity index (χ1v) is 7.28. The highest BCUT2D eigenvalue weighted by Crippen LogP contribution is 2.27. The highest BCUT2D eigenvalue weighted by atomic mass is 15.0. The summed E-state index contributed by atoms with van der Waals surface area (Å²) in [7, 11) is 0. The van der Waals surface area contributed by atoms with Crippen molar-refractivity contribution in [2.45, 2.75) is 39.0 Å². The van der Waals surface area contributed by atoms with Crippen molar-refractivity contribution in [1.29, 1.82) is 0 Å². The number of anilines is 1. The Morgan fingerprint density at radius 1 is 1.15 bits per heavy atom. The highest BCUT2D eigenvalue weighted by Gasteiger charge is 2.17. The molecule has 5 nitrogen and oxygen atoms in total. The number of fused-ring (bicyclic) bond motifs is 1. The van der Waals surface area contributed by atoms with Gasteiger partial charge in [0, 0.05) is 24.0 Å². The molecule has 0 amide bonds. The number of hydrogen-bond acceptors (Lipinski definition) is 5. The predicted octanol–water partition coefficient (Wildman–Crippen LogP) is 2.63. The Kier molecular flexibility index (Phi) is 3.85. The number of nitrogens with zero attached hydrogens (tertiary/aromatic N) is 4. The van der Waals surface area contributed by atoms with Crippen LogP contribution in [0.5, 0.6) is 0 Å². The normalized spacial score (nSPS) is 14.4. The smallest absolute Gasteiger partial charge is 0.180 e. The second-order valence-electron chi connectivity index (χ2n) is 5.01. The molecule has 2 aromatic rings. The van der Waals surface area contributed by atoms with Crippen LogP contribution >= 0.6 is 0 Å². The van der Waals surface area contributed by atoms with Gasteiger partial charge in [0.1, 0.15) is 17.8 Å². The molecule has 0 saturated heterocycles. The van der Waals surface area contributed by atoms with Crippen LogP contribution < -0.4 is 5.32 Å². The molecule has 0 unspecified atom stereocenters. The lowest BCUT2D eigenvalue weighted by molar-refractivity contribution is 0.709. The first kappa shape index (κ1) is 13.0. The van der Waals surface area contributed by atoms with Crippen LogP contribution in [0.1, 0.15) is 37.4 Å². The minimum Gasteiger partial charge on any atom is -0.370 e. The second-order valence-corrected chi connectivity index (χ2v) is 5.01. The Bertz CT molecular complexity index is 582. The molecule has 0 aliphatic heterocycles. The van der Waals surface area contributed by atoms with Crippen LogP contribution in [-0.2, 0) is 12.8 Å². The van der Waals surface area contributed by atoms with Gasteiger partial charge in [-0.15, -0.1) is 0 Å². The van der Waals surface area contributed by atoms with Gasteiger partial charge < -0.3 is 5.32 Å². The van der Waals surface area contributed by atoms with E-state index in [1.807, 2.05) is 6.07 Å². The summed E-state index contributed by atoms with van der Waals surface area (Å²) < 4.78 is 0. The molecule has 1 aliphatic carbocycles. The fraction of sp³-hybridized carbons (Fsp3) is 0.467. The van der Waals surface area contributed by atoms with Crippen molar-refractivity contribution in [3.05, 3.63) is 29.8 Å². The molecular weight excluding hydrogens is 250 g/mol. The van der Waals surface area contributed by atoms with Crippen LogP contribution in [-0.4, -0.2) is 26.5 Å². The number of rotatable bonds is 3. The Morgan fingerprint density at radius 3 is 2.85 bits per heavy atom. The predicted molar refractivity (Wildman–Crippen MR) is 78.5 cm³/mol. The van der Waals surface area contributed by atoms with Crippen molar-refractivity contribution in [2.75, 3.05) is 11.9 Å². The zero-order chi connectivity index (χ0) is 13.8. The van der Waals surface area contributed by atoms with E-state index in [2.05, 4.69) is 27.2 Å². The third-order valence-electron chi connectivity index (χ3n) is 3.59. The van der Waals surface area contributed by atoms with Crippen molar-refractivity contribution >= 4 is 5.82 Å². The van der Waals surface area contributed by atoms with Gasteiger partial charge in [-0.05, 0) is 38.7 Å². The van der Waals surface area contributed by atoms with Gasteiger partial charge >= 0.3 is 0 Å². The molecule has 0 saturated carbocycles. The molecule has 1 aliphatic rings. The van der Waals surface area contributed by atoms with Crippen molar-refractivity contribution < 1.29 is 0 Å². The summed E-state index contributed by atoms with van der Waals surface area (Å²) in [5.41, 5.74) is 3.26. The van der Waals surface area contributed by atoms with E-state index in [4.69, 9.17) is 4.98 Å². The Morgan fingerprint density at radius 2 is 2.05 bits per heavy atom. The summed E-state index contributed by atoms with van der Waals surface area (Å²) in [5, 5.41) is 3.38. The molecule has 2 heterocycles. The molecule has 0 bridgehead atoms. The topological polar surface area (TPSA) is 63.6 Å². The number of nitrogens with one attached hydrogen (secondary N) is 1. The van der Waals surface area contributed by atoms with E-state index in [9.17, 15) is 0 Å². The van der Waals surface area contributed by atoms with Gasteiger partial charge in [-0.3, -0.25) is 0 Å². The van der Waals surface area contributed by atoms with Crippen LogP contribution in [0, 0.1) is 0 Å². The molecule has 5 heteroatoms. The lowest BCUT2D eigenvalue weighted by atomic mass is 10.1. The quantitative estimate of drug-likeness (QED) is 0.868. The first-order chi connectivity index (χ1) is 9.88. The largest absolute Gasteiger partial charge is 0.370 e. The average molecular weight is 269 g/mol. The number of aryl methyl sites for hydroxylation is 1. The van der Waals surface area contributed by atoms with Gasteiger partial charge in [-0.1, -0.05) is 6.42 Å². The fourth-order valence-electron chi connectivity index (χ4n) is 2.62. The maximum atomic E-state index is 4.75. The lowest BCUT2D eigenvalue weighted by Crippen LogP contribution is -2.09. The molecule has 3 rings (SSSR count). The van der Waals surface area contributed by atoms with Crippen LogP contribution in [0.3, 0.4) is 0 Å². The highest BCUT2D eigenvalue weighted by molar-refractivity contribution is 5.56. The molecule has 0 radical (unpaired) electrons. The molecule has 104 valence electrons. The molecule has 2 aromatic heterocycles.